The van der Waals surface area contributed by atoms with Gasteiger partial charge in [-0.05, 0) is 54.8 Å². The molecule has 0 aliphatic rings. The van der Waals surface area contributed by atoms with Crippen LogP contribution in [-0.4, -0.2) is 24.4 Å². The van der Waals surface area contributed by atoms with Crippen LogP contribution < -0.4 is 10.6 Å². The maximum absolute atomic E-state index is 13.2. The number of fused-ring (bicyclic) bond motifs is 1. The number of carbonyl (C=O) groups is 3. The van der Waals surface area contributed by atoms with Crippen LogP contribution in [0.15, 0.2) is 91.0 Å². The average molecular weight is 438 g/mol. The Balaban J connectivity index is 1.82. The van der Waals surface area contributed by atoms with E-state index in [0.717, 1.165) is 0 Å². The van der Waals surface area contributed by atoms with Crippen LogP contribution in [0.5, 0.6) is 0 Å². The first-order valence-corrected chi connectivity index (χ1v) is 10.5. The number of anilines is 2. The zero-order valence-electron chi connectivity index (χ0n) is 18.0. The molecule has 0 spiro atoms. The van der Waals surface area contributed by atoms with Crippen molar-refractivity contribution in [3.05, 3.63) is 108 Å². The van der Waals surface area contributed by atoms with Crippen molar-refractivity contribution >= 4 is 39.9 Å². The van der Waals surface area contributed by atoms with Crippen molar-refractivity contribution in [1.82, 2.24) is 0 Å². The largest absolute Gasteiger partial charge is 0.462 e. The molecule has 0 aliphatic carbocycles. The molecular weight excluding hydrogens is 416 g/mol. The van der Waals surface area contributed by atoms with Gasteiger partial charge in [0.15, 0.2) is 0 Å². The summed E-state index contributed by atoms with van der Waals surface area (Å²) in [6.07, 6.45) is 0. The molecule has 0 unspecified atom stereocenters. The standard InChI is InChI=1S/C27H22N2O4/c1-2-33-27(32)23-17-16-21(25(30)28-18-10-5-3-6-11-18)20-14-9-15-22(24(20)23)26(31)29-19-12-7-4-8-13-19/h3-17H,2H2,1H3,(H,28,30)(H,29,31). The van der Waals surface area contributed by atoms with Crippen molar-refractivity contribution in [2.24, 2.45) is 0 Å². The molecule has 0 bridgehead atoms. The van der Waals surface area contributed by atoms with Crippen LogP contribution in [-0.2, 0) is 4.74 Å². The van der Waals surface area contributed by atoms with Gasteiger partial charge in [-0.25, -0.2) is 4.79 Å². The van der Waals surface area contributed by atoms with Crippen molar-refractivity contribution in [3.8, 4) is 0 Å². The second-order valence-corrected chi connectivity index (χ2v) is 7.25. The third kappa shape index (κ3) is 4.75. The van der Waals surface area contributed by atoms with E-state index in [4.69, 9.17) is 4.74 Å². The topological polar surface area (TPSA) is 84.5 Å². The van der Waals surface area contributed by atoms with Crippen LogP contribution in [0.2, 0.25) is 0 Å². The Morgan fingerprint density at radius 1 is 0.636 bits per heavy atom. The summed E-state index contributed by atoms with van der Waals surface area (Å²) in [7, 11) is 0. The van der Waals surface area contributed by atoms with Crippen molar-refractivity contribution in [2.45, 2.75) is 6.92 Å². The van der Waals surface area contributed by atoms with Gasteiger partial charge < -0.3 is 15.4 Å². The highest BCUT2D eigenvalue weighted by Crippen LogP contribution is 2.29. The van der Waals surface area contributed by atoms with Gasteiger partial charge in [0, 0.05) is 27.9 Å². The smallest absolute Gasteiger partial charge is 0.338 e. The van der Waals surface area contributed by atoms with Gasteiger partial charge in [-0.3, -0.25) is 9.59 Å². The quantitative estimate of drug-likeness (QED) is 0.388. The molecule has 0 atom stereocenters. The van der Waals surface area contributed by atoms with Crippen LogP contribution in [0.1, 0.15) is 38.0 Å². The molecule has 0 saturated carbocycles. The van der Waals surface area contributed by atoms with Gasteiger partial charge in [-0.2, -0.15) is 0 Å². The first-order valence-electron chi connectivity index (χ1n) is 10.5. The molecule has 6 nitrogen and oxygen atoms in total. The van der Waals surface area contributed by atoms with E-state index in [1.807, 2.05) is 36.4 Å². The second-order valence-electron chi connectivity index (χ2n) is 7.25. The number of amides is 2. The third-order valence-electron chi connectivity index (χ3n) is 5.09. The van der Waals surface area contributed by atoms with E-state index >= 15 is 0 Å². The molecule has 2 N–H and O–H groups in total. The maximum Gasteiger partial charge on any atom is 0.338 e. The molecule has 0 fully saturated rings. The van der Waals surface area contributed by atoms with Gasteiger partial charge in [0.2, 0.25) is 0 Å². The molecule has 33 heavy (non-hydrogen) atoms. The summed E-state index contributed by atoms with van der Waals surface area (Å²) < 4.78 is 5.21. The molecule has 0 radical (unpaired) electrons. The SMILES string of the molecule is CCOC(=O)c1ccc(C(=O)Nc2ccccc2)c2cccc(C(=O)Nc3ccccc3)c12. The van der Waals surface area contributed by atoms with E-state index in [9.17, 15) is 14.4 Å². The molecule has 4 aromatic carbocycles. The minimum absolute atomic E-state index is 0.189. The highest BCUT2D eigenvalue weighted by molar-refractivity contribution is 6.22. The Bertz CT molecular complexity index is 1320. The summed E-state index contributed by atoms with van der Waals surface area (Å²) in [5.74, 6) is -1.29. The lowest BCUT2D eigenvalue weighted by Gasteiger charge is -2.15. The van der Waals surface area contributed by atoms with Gasteiger partial charge in [0.1, 0.15) is 0 Å². The van der Waals surface area contributed by atoms with Crippen molar-refractivity contribution < 1.29 is 19.1 Å². The normalized spacial score (nSPS) is 10.5. The Morgan fingerprint density at radius 3 is 1.76 bits per heavy atom. The minimum atomic E-state index is -0.558. The molecule has 4 rings (SSSR count). The number of para-hydroxylation sites is 2. The highest BCUT2D eigenvalue weighted by Gasteiger charge is 2.22. The lowest BCUT2D eigenvalue weighted by molar-refractivity contribution is 0.0528. The van der Waals surface area contributed by atoms with E-state index in [1.54, 1.807) is 55.5 Å². The molecule has 0 saturated heterocycles. The van der Waals surface area contributed by atoms with Crippen LogP contribution in [0.4, 0.5) is 11.4 Å². The van der Waals surface area contributed by atoms with E-state index < -0.39 is 11.9 Å². The van der Waals surface area contributed by atoms with Gasteiger partial charge in [-0.1, -0.05) is 48.5 Å². The molecule has 6 heteroatoms. The number of hydrogen-bond acceptors (Lipinski definition) is 4. The van der Waals surface area contributed by atoms with E-state index in [-0.39, 0.29) is 23.6 Å². The number of carbonyl (C=O) groups excluding carboxylic acids is 3. The molecule has 164 valence electrons. The Kier molecular flexibility index (Phi) is 6.45. The number of rotatable bonds is 6. The predicted octanol–water partition coefficient (Wildman–Crippen LogP) is 5.52. The van der Waals surface area contributed by atoms with Crippen LogP contribution in [0.25, 0.3) is 10.8 Å². The maximum atomic E-state index is 13.2. The summed E-state index contributed by atoms with van der Waals surface area (Å²) in [5, 5.41) is 6.55. The summed E-state index contributed by atoms with van der Waals surface area (Å²) >= 11 is 0. The molecule has 0 heterocycles. The summed E-state index contributed by atoms with van der Waals surface area (Å²) in [5.41, 5.74) is 2.10. The zero-order valence-corrected chi connectivity index (χ0v) is 18.0. The van der Waals surface area contributed by atoms with Gasteiger partial charge in [0.25, 0.3) is 11.8 Å². The van der Waals surface area contributed by atoms with E-state index in [0.29, 0.717) is 27.7 Å². The molecule has 4 aromatic rings. The summed E-state index contributed by atoms with van der Waals surface area (Å²) in [6.45, 7) is 1.90. The number of esters is 1. The zero-order chi connectivity index (χ0) is 23.2. The number of nitrogens with one attached hydrogen (secondary N) is 2. The van der Waals surface area contributed by atoms with Crippen molar-refractivity contribution in [1.29, 1.82) is 0 Å². The number of hydrogen-bond donors (Lipinski definition) is 2. The highest BCUT2D eigenvalue weighted by atomic mass is 16.5. The van der Waals surface area contributed by atoms with E-state index in [1.165, 1.54) is 6.07 Å². The fraction of sp³-hybridized carbons (Fsp3) is 0.0741. The lowest BCUT2D eigenvalue weighted by atomic mass is 9.94. The monoisotopic (exact) mass is 438 g/mol. The molecular formula is C27H22N2O4. The van der Waals surface area contributed by atoms with E-state index in [2.05, 4.69) is 10.6 Å². The van der Waals surface area contributed by atoms with Crippen molar-refractivity contribution in [3.63, 3.8) is 0 Å². The lowest BCUT2D eigenvalue weighted by Crippen LogP contribution is -2.17. The van der Waals surface area contributed by atoms with Gasteiger partial charge in [0.05, 0.1) is 12.2 Å². The summed E-state index contributed by atoms with van der Waals surface area (Å²) in [6, 6.07) is 26.2. The number of benzene rings is 4. The first-order chi connectivity index (χ1) is 16.1. The third-order valence-corrected chi connectivity index (χ3v) is 5.09. The molecule has 2 amide bonds. The average Bonchev–Trinajstić information content (AvgIpc) is 2.84. The Hall–Kier alpha value is -4.45. The van der Waals surface area contributed by atoms with Gasteiger partial charge in [-0.15, -0.1) is 0 Å². The molecule has 0 aromatic heterocycles. The van der Waals surface area contributed by atoms with Crippen molar-refractivity contribution in [2.75, 3.05) is 17.2 Å². The first kappa shape index (κ1) is 21.8. The molecule has 0 aliphatic heterocycles. The summed E-state index contributed by atoms with van der Waals surface area (Å²) in [4.78, 5) is 39.0. The fourth-order valence-corrected chi connectivity index (χ4v) is 3.61. The Labute approximate surface area is 191 Å². The minimum Gasteiger partial charge on any atom is -0.462 e. The van der Waals surface area contributed by atoms with Crippen LogP contribution in [0, 0.1) is 0 Å². The van der Waals surface area contributed by atoms with Gasteiger partial charge >= 0.3 is 5.97 Å². The van der Waals surface area contributed by atoms with Crippen LogP contribution in [0.3, 0.4) is 0 Å². The number of ether oxygens (including phenoxy) is 1. The predicted molar refractivity (Wildman–Crippen MR) is 129 cm³/mol. The fourth-order valence-electron chi connectivity index (χ4n) is 3.61. The Morgan fingerprint density at radius 2 is 1.18 bits per heavy atom. The van der Waals surface area contributed by atoms with Crippen LogP contribution >= 0.6 is 0 Å². The second kappa shape index (κ2) is 9.78.